The Kier molecular flexibility index (Phi) is 0.330. The van der Waals surface area contributed by atoms with E-state index in [1.54, 1.807) is 6.20 Å². The third-order valence-electron chi connectivity index (χ3n) is 0.552. The largest absolute Gasteiger partial charge is 0.509 e. The monoisotopic (exact) mass is 71.0 g/mol. The van der Waals surface area contributed by atoms with Gasteiger partial charge >= 0.3 is 0 Å². The average molecular weight is 71.1 g/mol. The van der Waals surface area contributed by atoms with E-state index in [-0.39, 0.29) is 0 Å². The standard InChI is InChI=1S/C3H5NO/c5-3-1-4-2-3/h1,4-5H,2H2. The second-order valence-electron chi connectivity index (χ2n) is 1.02. The number of hydrogen-bond donors (Lipinski definition) is 2. The average Bonchev–Trinajstić information content (AvgIpc) is 1.30. The molecule has 0 fully saturated rings. The Balaban J connectivity index is 2.51. The van der Waals surface area contributed by atoms with Crippen LogP contribution < -0.4 is 5.32 Å². The molecule has 0 aromatic carbocycles. The van der Waals surface area contributed by atoms with Crippen molar-refractivity contribution in [2.24, 2.45) is 0 Å². The molecular weight excluding hydrogens is 66.0 g/mol. The molecule has 0 atom stereocenters. The maximum Gasteiger partial charge on any atom is 0.127 e. The van der Waals surface area contributed by atoms with E-state index >= 15 is 0 Å². The van der Waals surface area contributed by atoms with Gasteiger partial charge in [-0.1, -0.05) is 0 Å². The lowest BCUT2D eigenvalue weighted by Crippen LogP contribution is -2.20. The van der Waals surface area contributed by atoms with Crippen LogP contribution in [-0.4, -0.2) is 11.7 Å². The van der Waals surface area contributed by atoms with Crippen molar-refractivity contribution in [3.8, 4) is 0 Å². The second-order valence-corrected chi connectivity index (χ2v) is 1.02. The zero-order valence-electron chi connectivity index (χ0n) is 2.73. The maximum atomic E-state index is 8.25. The van der Waals surface area contributed by atoms with E-state index in [0.29, 0.717) is 12.3 Å². The van der Waals surface area contributed by atoms with Crippen LogP contribution in [0, 0.1) is 0 Å². The summed E-state index contributed by atoms with van der Waals surface area (Å²) in [4.78, 5) is 0. The number of aliphatic hydroxyl groups is 1. The lowest BCUT2D eigenvalue weighted by atomic mass is 10.4. The van der Waals surface area contributed by atoms with Gasteiger partial charge < -0.3 is 10.4 Å². The highest BCUT2D eigenvalue weighted by molar-refractivity contribution is 5.01. The van der Waals surface area contributed by atoms with E-state index < -0.39 is 0 Å². The third-order valence-corrected chi connectivity index (χ3v) is 0.552. The van der Waals surface area contributed by atoms with E-state index in [0.717, 1.165) is 0 Å². The molecule has 0 bridgehead atoms. The van der Waals surface area contributed by atoms with E-state index in [9.17, 15) is 0 Å². The lowest BCUT2D eigenvalue weighted by molar-refractivity contribution is 0.366. The van der Waals surface area contributed by atoms with Gasteiger partial charge in [0.05, 0.1) is 6.54 Å². The van der Waals surface area contributed by atoms with Gasteiger partial charge in [0.1, 0.15) is 5.76 Å². The molecule has 0 aliphatic carbocycles. The highest BCUT2D eigenvalue weighted by Crippen LogP contribution is 1.89. The first-order valence-electron chi connectivity index (χ1n) is 1.51. The van der Waals surface area contributed by atoms with Crippen molar-refractivity contribution in [2.45, 2.75) is 0 Å². The van der Waals surface area contributed by atoms with Gasteiger partial charge in [-0.25, -0.2) is 0 Å². The Hall–Kier alpha value is -0.660. The number of aliphatic hydroxyl groups excluding tert-OH is 1. The molecule has 1 aliphatic rings. The fraction of sp³-hybridized carbons (Fsp3) is 0.333. The first-order valence-corrected chi connectivity index (χ1v) is 1.51. The minimum atomic E-state index is 0.449. The van der Waals surface area contributed by atoms with Crippen LogP contribution >= 0.6 is 0 Å². The summed E-state index contributed by atoms with van der Waals surface area (Å²) in [7, 11) is 0. The van der Waals surface area contributed by atoms with Crippen molar-refractivity contribution in [1.29, 1.82) is 0 Å². The minimum absolute atomic E-state index is 0.449. The molecule has 0 spiro atoms. The lowest BCUT2D eigenvalue weighted by Gasteiger charge is -2.07. The van der Waals surface area contributed by atoms with E-state index in [4.69, 9.17) is 5.11 Å². The molecule has 1 aliphatic heterocycles. The van der Waals surface area contributed by atoms with Crippen LogP contribution in [0.15, 0.2) is 12.0 Å². The molecule has 2 N–H and O–H groups in total. The van der Waals surface area contributed by atoms with Gasteiger partial charge in [0.15, 0.2) is 0 Å². The highest BCUT2D eigenvalue weighted by atomic mass is 16.3. The molecule has 0 amide bonds. The molecule has 0 aromatic heterocycles. The molecule has 0 saturated carbocycles. The zero-order valence-corrected chi connectivity index (χ0v) is 2.73. The van der Waals surface area contributed by atoms with Crippen LogP contribution in [0.4, 0.5) is 0 Å². The molecule has 2 heteroatoms. The molecule has 5 heavy (non-hydrogen) atoms. The maximum absolute atomic E-state index is 8.25. The Morgan fingerprint density at radius 1 is 2.00 bits per heavy atom. The van der Waals surface area contributed by atoms with Gasteiger partial charge in [-0.3, -0.25) is 0 Å². The van der Waals surface area contributed by atoms with Crippen molar-refractivity contribution in [3.63, 3.8) is 0 Å². The summed E-state index contributed by atoms with van der Waals surface area (Å²) >= 11 is 0. The van der Waals surface area contributed by atoms with E-state index in [1.807, 2.05) is 0 Å². The molecule has 0 aromatic rings. The Morgan fingerprint density at radius 3 is 2.40 bits per heavy atom. The summed E-state index contributed by atoms with van der Waals surface area (Å²) in [6, 6.07) is 0. The van der Waals surface area contributed by atoms with E-state index in [1.165, 1.54) is 0 Å². The van der Waals surface area contributed by atoms with Gasteiger partial charge in [-0.2, -0.15) is 0 Å². The first-order chi connectivity index (χ1) is 2.39. The quantitative estimate of drug-likeness (QED) is 0.421. The smallest absolute Gasteiger partial charge is 0.127 e. The third kappa shape index (κ3) is 0.210. The van der Waals surface area contributed by atoms with Gasteiger partial charge in [-0.15, -0.1) is 0 Å². The van der Waals surface area contributed by atoms with Crippen molar-refractivity contribution in [2.75, 3.05) is 6.54 Å². The number of hydrogen-bond acceptors (Lipinski definition) is 2. The zero-order chi connectivity index (χ0) is 3.70. The fourth-order valence-electron chi connectivity index (χ4n) is 0.193. The summed E-state index contributed by atoms with van der Waals surface area (Å²) in [5.74, 6) is 0.449. The van der Waals surface area contributed by atoms with Crippen molar-refractivity contribution in [3.05, 3.63) is 12.0 Å². The summed E-state index contributed by atoms with van der Waals surface area (Å²) in [6.45, 7) is 0.653. The van der Waals surface area contributed by atoms with Crippen molar-refractivity contribution < 1.29 is 5.11 Å². The SMILES string of the molecule is OC1=CNC1. The minimum Gasteiger partial charge on any atom is -0.509 e. The summed E-state index contributed by atoms with van der Waals surface area (Å²) < 4.78 is 0. The normalized spacial score (nSPS) is 18.8. The van der Waals surface area contributed by atoms with Crippen molar-refractivity contribution >= 4 is 0 Å². The first kappa shape index (κ1) is 2.57. The van der Waals surface area contributed by atoms with Crippen molar-refractivity contribution in [1.82, 2.24) is 5.32 Å². The van der Waals surface area contributed by atoms with Crippen LogP contribution in [0.1, 0.15) is 0 Å². The molecule has 1 heterocycles. The number of rotatable bonds is 0. The van der Waals surface area contributed by atoms with Crippen LogP contribution in [0.25, 0.3) is 0 Å². The predicted octanol–water partition coefficient (Wildman–Crippen LogP) is -0.0110. The van der Waals surface area contributed by atoms with Gasteiger partial charge in [-0.05, 0) is 0 Å². The summed E-state index contributed by atoms with van der Waals surface area (Å²) in [5, 5.41) is 11.0. The van der Waals surface area contributed by atoms with Crippen LogP contribution in [0.3, 0.4) is 0 Å². The summed E-state index contributed by atoms with van der Waals surface area (Å²) in [5.41, 5.74) is 0. The Bertz CT molecular complexity index is 67.3. The molecule has 0 unspecified atom stereocenters. The Labute approximate surface area is 30.1 Å². The highest BCUT2D eigenvalue weighted by Gasteiger charge is 1.96. The summed E-state index contributed by atoms with van der Waals surface area (Å²) in [6.07, 6.45) is 1.57. The molecule has 28 valence electrons. The van der Waals surface area contributed by atoms with Crippen LogP contribution in [0.2, 0.25) is 0 Å². The topological polar surface area (TPSA) is 32.3 Å². The molecule has 2 nitrogen and oxygen atoms in total. The van der Waals surface area contributed by atoms with Crippen LogP contribution in [0.5, 0.6) is 0 Å². The molecule has 0 radical (unpaired) electrons. The van der Waals surface area contributed by atoms with Crippen LogP contribution in [-0.2, 0) is 0 Å². The van der Waals surface area contributed by atoms with Gasteiger partial charge in [0.25, 0.3) is 0 Å². The van der Waals surface area contributed by atoms with Gasteiger partial charge in [0, 0.05) is 6.20 Å². The van der Waals surface area contributed by atoms with Gasteiger partial charge in [0.2, 0.25) is 0 Å². The molecule has 0 saturated heterocycles. The Morgan fingerprint density at radius 2 is 2.40 bits per heavy atom. The fourth-order valence-corrected chi connectivity index (χ4v) is 0.193. The number of nitrogens with one attached hydrogen (secondary N) is 1. The predicted molar refractivity (Wildman–Crippen MR) is 18.7 cm³/mol. The molecule has 1 rings (SSSR count). The molecular formula is C3H5NO. The van der Waals surface area contributed by atoms with E-state index in [2.05, 4.69) is 5.32 Å². The second kappa shape index (κ2) is 0.641.